The van der Waals surface area contributed by atoms with Gasteiger partial charge in [-0.2, -0.15) is 329 Å². The number of phosphoric ester groups is 1. The highest BCUT2D eigenvalue weighted by Crippen LogP contribution is 2.70. The zero-order valence-electron chi connectivity index (χ0n) is 58.3. The van der Waals surface area contributed by atoms with Gasteiger partial charge in [0.05, 0.1) is 19.8 Å². The molecule has 131 heavy (non-hydrogen) atoms. The van der Waals surface area contributed by atoms with Crippen LogP contribution in [0.1, 0.15) is 38.5 Å². The first kappa shape index (κ1) is 125. The van der Waals surface area contributed by atoms with E-state index in [0.29, 0.717) is 0 Å². The second-order valence-corrected chi connectivity index (χ2v) is 27.1. The van der Waals surface area contributed by atoms with Gasteiger partial charge in [-0.05, 0) is 55.7 Å². The van der Waals surface area contributed by atoms with Crippen LogP contribution in [-0.2, 0) is 18.1 Å². The maximum absolute atomic E-state index is 14.7. The minimum atomic E-state index is -9.46. The van der Waals surface area contributed by atoms with Gasteiger partial charge < -0.3 is 0 Å². The summed E-state index contributed by atoms with van der Waals surface area (Å²) in [6.07, 6.45) is -67.4. The number of halogens is 75. The average molecular weight is 2160 g/mol. The molecule has 0 rings (SSSR count). The van der Waals surface area contributed by atoms with Gasteiger partial charge >= 0.3 is 222 Å². The average Bonchev–Trinajstić information content (AvgIpc) is 0.715. The summed E-state index contributed by atoms with van der Waals surface area (Å²) in [5, 5.41) is 0. The maximum atomic E-state index is 14.7. The van der Waals surface area contributed by atoms with Crippen molar-refractivity contribution in [3.05, 3.63) is 36.5 Å². The van der Waals surface area contributed by atoms with Crippen LogP contribution in [0.2, 0.25) is 0 Å². The van der Waals surface area contributed by atoms with Crippen molar-refractivity contribution in [1.29, 1.82) is 0 Å². The Kier molecular flexibility index (Phi) is 32.8. The molecule has 4 nitrogen and oxygen atoms in total. The molecule has 0 aromatic heterocycles. The maximum Gasteiger partial charge on any atom is 0.474 e. The van der Waals surface area contributed by atoms with Gasteiger partial charge in [0.2, 0.25) is 0 Å². The smallest absolute Gasteiger partial charge is 0.287 e. The molecule has 0 aromatic rings. The number of hydrogen-bond acceptors (Lipinski definition) is 4. The quantitative estimate of drug-likeness (QED) is 0.0264. The minimum Gasteiger partial charge on any atom is -0.287 e. The van der Waals surface area contributed by atoms with E-state index >= 15 is 0 Å². The zero-order valence-corrected chi connectivity index (χ0v) is 59.2. The van der Waals surface area contributed by atoms with E-state index in [4.69, 9.17) is 0 Å². The van der Waals surface area contributed by atoms with Gasteiger partial charge in [-0.1, -0.05) is 0 Å². The Labute approximate surface area is 664 Å². The van der Waals surface area contributed by atoms with E-state index in [-0.39, 0.29) is 0 Å². The van der Waals surface area contributed by atoms with Crippen molar-refractivity contribution in [1.82, 2.24) is 0 Å². The summed E-state index contributed by atoms with van der Waals surface area (Å²) in [5.74, 6) is -293. The number of rotatable bonds is 48. The summed E-state index contributed by atoms with van der Waals surface area (Å²) in [6, 6.07) is 0. The standard InChI is InChI=1S/C51H24F75O4P/c52-16(53,25(70,71)34(88,89)37(94,95)28(76,77)19(58,59)7-10-22(64,65)31(82,83)40(100,101)43(106,107)46(112,113)49(118,119)120)4-1-13-128-131(127,129-14-2-5-17(54,55)26(72,73)35(90,91)38(96,97)29(78,79)20(60,61)8-11-23(66,67)32(84,85)41(102,103)44(108,109)47(114,115)50(121,122)123)130-15-3-6-18(56,57)27(74,75)36(92,93)39(98,99)30(80,81)21(62,63)9-12-24(68,69)33(86,87)42(104,105)45(110,111)48(116,117)51(124,125)126/h7-12H,1-6,13-15H2/b10-7+,11-8+,12-9+. The Morgan fingerprint density at radius 1 is 0.145 bits per heavy atom. The van der Waals surface area contributed by atoms with Crippen molar-refractivity contribution >= 4 is 7.82 Å². The molecule has 0 bridgehead atoms. The number of allylic oxidation sites excluding steroid dienone is 6. The van der Waals surface area contributed by atoms with Crippen molar-refractivity contribution < 1.29 is 347 Å². The number of alkyl halides is 75. The molecule has 0 aliphatic heterocycles. The van der Waals surface area contributed by atoms with Gasteiger partial charge in [0.15, 0.2) is 0 Å². The summed E-state index contributed by atoms with van der Waals surface area (Å²) in [6.45, 7) is -9.45. The Hall–Kier alpha value is -5.92. The summed E-state index contributed by atoms with van der Waals surface area (Å²) >= 11 is 0. The highest BCUT2D eigenvalue weighted by molar-refractivity contribution is 7.48. The summed E-state index contributed by atoms with van der Waals surface area (Å²) in [4.78, 5) is 0. The van der Waals surface area contributed by atoms with Crippen LogP contribution in [0.5, 0.6) is 0 Å². The SMILES string of the molecule is O=P(OCCCC(F)(F)C(F)(F)C(F)(F)C(F)(F)C(F)(F)C(F)(F)/C=C/C(F)(F)C(F)(F)C(F)(F)C(F)(F)C(F)(F)C(F)(F)F)(OCCCC(F)(F)C(F)(F)C(F)(F)C(F)(F)C(F)(F)C(F)(F)/C=C/C(F)(F)C(F)(F)C(F)(F)C(F)(F)C(F)(F)C(F)(F)F)OCCCC(F)(F)C(F)(F)C(F)(F)C(F)(F)C(F)(F)C(F)(F)/C=C/C(F)(F)C(F)(F)C(F)(F)C(F)(F)C(F)(F)C(F)(F)F. The monoisotopic (exact) mass is 2160 g/mol. The van der Waals surface area contributed by atoms with Crippen LogP contribution in [0.3, 0.4) is 0 Å². The zero-order chi connectivity index (χ0) is 107. The van der Waals surface area contributed by atoms with Crippen LogP contribution in [0, 0.1) is 0 Å². The molecular weight excluding hydrogens is 2130 g/mol. The summed E-state index contributed by atoms with van der Waals surface area (Å²) in [7, 11) is -7.51. The van der Waals surface area contributed by atoms with Crippen molar-refractivity contribution in [2.75, 3.05) is 19.8 Å². The van der Waals surface area contributed by atoms with Gasteiger partial charge in [0.1, 0.15) is 0 Å². The predicted octanol–water partition coefficient (Wildman–Crippen LogP) is 28.8. The van der Waals surface area contributed by atoms with Gasteiger partial charge in [0, 0.05) is 19.3 Å². The summed E-state index contributed by atoms with van der Waals surface area (Å²) < 4.78 is 1070. The molecule has 80 heteroatoms. The molecule has 0 radical (unpaired) electrons. The van der Waals surface area contributed by atoms with E-state index in [1.165, 1.54) is 0 Å². The Balaban J connectivity index is 8.11. The molecule has 0 aliphatic carbocycles. The molecule has 0 amide bonds. The molecule has 0 heterocycles. The lowest BCUT2D eigenvalue weighted by atomic mass is 9.89. The van der Waals surface area contributed by atoms with Gasteiger partial charge in [-0.15, -0.1) is 0 Å². The van der Waals surface area contributed by atoms with Gasteiger partial charge in [-0.25, -0.2) is 4.57 Å². The third-order valence-corrected chi connectivity index (χ3v) is 17.7. The molecule has 782 valence electrons. The molecule has 0 aromatic carbocycles. The Morgan fingerprint density at radius 2 is 0.244 bits per heavy atom. The largest absolute Gasteiger partial charge is 0.474 e. The minimum absolute atomic E-state index is 3.15. The molecule has 0 N–H and O–H groups in total. The van der Waals surface area contributed by atoms with Crippen LogP contribution >= 0.6 is 7.82 Å². The second kappa shape index (κ2) is 34.3. The topological polar surface area (TPSA) is 44.8 Å². The van der Waals surface area contributed by atoms with Crippen molar-refractivity contribution in [3.63, 3.8) is 0 Å². The van der Waals surface area contributed by atoms with E-state index in [0.717, 1.165) is 0 Å². The van der Waals surface area contributed by atoms with E-state index in [1.807, 2.05) is 0 Å². The van der Waals surface area contributed by atoms with Crippen molar-refractivity contribution in [2.45, 2.75) is 252 Å². The molecular formula is C51H24F75O4P. The lowest BCUT2D eigenvalue weighted by Gasteiger charge is -2.41. The van der Waals surface area contributed by atoms with Crippen LogP contribution in [-0.4, -0.2) is 234 Å². The lowest BCUT2D eigenvalue weighted by Crippen LogP contribution is -2.70. The lowest BCUT2D eigenvalue weighted by molar-refractivity contribution is -0.436. The molecule has 0 spiro atoms. The third kappa shape index (κ3) is 19.0. The first-order valence-corrected chi connectivity index (χ1v) is 31.5. The molecule has 0 unspecified atom stereocenters. The Bertz CT molecular complexity index is 3620. The second-order valence-electron chi connectivity index (χ2n) is 25.4. The van der Waals surface area contributed by atoms with E-state index < -0.39 is 317 Å². The van der Waals surface area contributed by atoms with Crippen molar-refractivity contribution in [2.24, 2.45) is 0 Å². The fourth-order valence-corrected chi connectivity index (χ4v) is 9.38. The summed E-state index contributed by atoms with van der Waals surface area (Å²) in [5.41, 5.74) is 0. The fourth-order valence-electron chi connectivity index (χ4n) is 8.10. The first-order chi connectivity index (χ1) is 55.7. The van der Waals surface area contributed by atoms with E-state index in [1.54, 1.807) is 0 Å². The van der Waals surface area contributed by atoms with Crippen molar-refractivity contribution in [3.8, 4) is 0 Å². The van der Waals surface area contributed by atoms with Crippen LogP contribution in [0.15, 0.2) is 36.5 Å². The Morgan fingerprint density at radius 3 is 0.351 bits per heavy atom. The van der Waals surface area contributed by atoms with Crippen LogP contribution < -0.4 is 0 Å². The van der Waals surface area contributed by atoms with Gasteiger partial charge in [-0.3, -0.25) is 13.6 Å². The molecule has 0 aliphatic rings. The molecule has 0 fully saturated rings. The van der Waals surface area contributed by atoms with E-state index in [9.17, 15) is 334 Å². The molecule has 0 saturated carbocycles. The first-order valence-electron chi connectivity index (χ1n) is 30.1. The predicted molar refractivity (Wildman–Crippen MR) is 262 cm³/mol. The van der Waals surface area contributed by atoms with Crippen LogP contribution in [0.25, 0.3) is 0 Å². The third-order valence-electron chi connectivity index (χ3n) is 16.2. The molecule has 0 saturated heterocycles. The normalized spacial score (nSPS) is 17.1. The van der Waals surface area contributed by atoms with Crippen LogP contribution in [0.4, 0.5) is 329 Å². The highest BCUT2D eigenvalue weighted by Gasteiger charge is 2.97. The molecule has 0 atom stereocenters. The highest BCUT2D eigenvalue weighted by atomic mass is 31.2. The fraction of sp³-hybridized carbons (Fsp3) is 0.882. The number of hydrogen-bond donors (Lipinski definition) is 0. The van der Waals surface area contributed by atoms with E-state index in [2.05, 4.69) is 13.6 Å². The van der Waals surface area contributed by atoms with Gasteiger partial charge in [0.25, 0.3) is 0 Å². The number of phosphoric acid groups is 1.